The van der Waals surface area contributed by atoms with Crippen LogP contribution >= 0.6 is 23.1 Å². The van der Waals surface area contributed by atoms with Gasteiger partial charge in [-0.1, -0.05) is 47.2 Å². The third-order valence-electron chi connectivity index (χ3n) is 4.19. The van der Waals surface area contributed by atoms with Crippen LogP contribution in [-0.2, 0) is 20.6 Å². The highest BCUT2D eigenvalue weighted by molar-refractivity contribution is 8.00. The summed E-state index contributed by atoms with van der Waals surface area (Å²) >= 11 is 1.57. The number of aliphatic carboxylic acids is 1. The van der Waals surface area contributed by atoms with Gasteiger partial charge in [0.05, 0.1) is 22.6 Å². The van der Waals surface area contributed by atoms with Crippen LogP contribution in [0.4, 0.5) is 18.3 Å². The number of carbonyl (C=O) groups excluding carboxylic acids is 1. The number of hydrogen-bond acceptors (Lipinski definition) is 9. The summed E-state index contributed by atoms with van der Waals surface area (Å²) in [7, 11) is 1.16. The van der Waals surface area contributed by atoms with Gasteiger partial charge in [0, 0.05) is 10.9 Å². The van der Waals surface area contributed by atoms with Crippen LogP contribution in [-0.4, -0.2) is 45.5 Å². The van der Waals surface area contributed by atoms with E-state index in [1.165, 1.54) is 11.4 Å². The van der Waals surface area contributed by atoms with E-state index in [1.54, 1.807) is 30.3 Å². The number of hydrogen-bond donors (Lipinski definition) is 2. The number of benzene rings is 1. The summed E-state index contributed by atoms with van der Waals surface area (Å²) in [6.45, 7) is 0. The number of halogens is 3. The quantitative estimate of drug-likeness (QED) is 0.255. The van der Waals surface area contributed by atoms with Gasteiger partial charge in [-0.15, -0.1) is 11.3 Å². The van der Waals surface area contributed by atoms with Crippen molar-refractivity contribution in [1.82, 2.24) is 9.97 Å². The zero-order valence-corrected chi connectivity index (χ0v) is 19.3. The molecule has 0 aliphatic heterocycles. The van der Waals surface area contributed by atoms with Crippen LogP contribution in [0.3, 0.4) is 0 Å². The van der Waals surface area contributed by atoms with Gasteiger partial charge in [0.15, 0.2) is 5.13 Å². The van der Waals surface area contributed by atoms with Crippen LogP contribution in [0.2, 0.25) is 0 Å². The monoisotopic (exact) mass is 521 g/mol. The number of nitriles is 1. The van der Waals surface area contributed by atoms with Gasteiger partial charge in [0.2, 0.25) is 11.6 Å². The van der Waals surface area contributed by atoms with E-state index in [2.05, 4.69) is 25.3 Å². The fourth-order valence-corrected chi connectivity index (χ4v) is 4.24. The molecule has 2 N–H and O–H groups in total. The Labute approximate surface area is 204 Å². The first kappa shape index (κ1) is 25.7. The minimum atomic E-state index is -4.81. The molecule has 3 aromatic rings. The Balaban J connectivity index is 1.83. The molecule has 180 valence electrons. The Kier molecular flexibility index (Phi) is 8.05. The molecule has 1 amide bonds. The minimum absolute atomic E-state index is 0.00280. The number of alkyl halides is 3. The molecule has 2 heterocycles. The maximum Gasteiger partial charge on any atom is 0.417 e. The Hall–Kier alpha value is -3.96. The van der Waals surface area contributed by atoms with Crippen molar-refractivity contribution in [3.05, 3.63) is 58.6 Å². The Morgan fingerprint density at radius 2 is 2.00 bits per heavy atom. The number of amides is 1. The average Bonchev–Trinajstić information content (AvgIpc) is 3.28. The van der Waals surface area contributed by atoms with Crippen LogP contribution in [0.1, 0.15) is 16.8 Å². The van der Waals surface area contributed by atoms with E-state index < -0.39 is 34.9 Å². The number of pyridine rings is 1. The first-order valence-electron chi connectivity index (χ1n) is 9.44. The van der Waals surface area contributed by atoms with Crippen molar-refractivity contribution in [2.45, 2.75) is 11.2 Å². The molecule has 0 radical (unpaired) electrons. The highest BCUT2D eigenvalue weighted by Gasteiger charge is 2.36. The zero-order chi connectivity index (χ0) is 25.6. The Bertz CT molecular complexity index is 1320. The predicted octanol–water partition coefficient (Wildman–Crippen LogP) is 4.26. The molecule has 2 aromatic heterocycles. The van der Waals surface area contributed by atoms with Crippen molar-refractivity contribution in [1.29, 1.82) is 5.26 Å². The van der Waals surface area contributed by atoms with Crippen LogP contribution in [0.25, 0.3) is 11.3 Å². The maximum atomic E-state index is 13.6. The largest absolute Gasteiger partial charge is 0.476 e. The third kappa shape index (κ3) is 6.34. The van der Waals surface area contributed by atoms with Gasteiger partial charge in [-0.2, -0.15) is 18.4 Å². The summed E-state index contributed by atoms with van der Waals surface area (Å²) in [5.74, 6) is -2.43. The van der Waals surface area contributed by atoms with E-state index in [4.69, 9.17) is 5.11 Å². The standard InChI is InChI=1S/C21H14F3N5O4S2/c1-33-29-17(19(31)32)15-9-35-20(27-15)28-16(30)10-34-18-12(8-25)13(21(22,23)24)7-14(26-18)11-5-3-2-4-6-11/h2-7,9H,10H2,1H3,(H,31,32)(H,27,28,30). The normalized spacial score (nSPS) is 11.6. The number of oxime groups is 1. The number of rotatable bonds is 8. The van der Waals surface area contributed by atoms with Gasteiger partial charge in [-0.05, 0) is 6.07 Å². The van der Waals surface area contributed by atoms with Gasteiger partial charge in [-0.3, -0.25) is 4.79 Å². The van der Waals surface area contributed by atoms with Crippen LogP contribution < -0.4 is 5.32 Å². The number of nitrogens with one attached hydrogen (secondary N) is 1. The second-order valence-corrected chi connectivity index (χ2v) is 8.34. The lowest BCUT2D eigenvalue weighted by atomic mass is 10.1. The molecular weight excluding hydrogens is 507 g/mol. The molecule has 3 rings (SSSR count). The highest BCUT2D eigenvalue weighted by Crippen LogP contribution is 2.38. The second kappa shape index (κ2) is 11.0. The predicted molar refractivity (Wildman–Crippen MR) is 122 cm³/mol. The van der Waals surface area contributed by atoms with E-state index in [-0.39, 0.29) is 27.3 Å². The Morgan fingerprint density at radius 1 is 1.29 bits per heavy atom. The summed E-state index contributed by atoms with van der Waals surface area (Å²) in [6, 6.07) is 10.5. The summed E-state index contributed by atoms with van der Waals surface area (Å²) in [5.41, 5.74) is -1.95. The van der Waals surface area contributed by atoms with E-state index in [0.29, 0.717) is 17.3 Å². The first-order chi connectivity index (χ1) is 16.6. The van der Waals surface area contributed by atoms with Crippen molar-refractivity contribution >= 4 is 45.8 Å². The zero-order valence-electron chi connectivity index (χ0n) is 17.7. The lowest BCUT2D eigenvalue weighted by molar-refractivity contribution is -0.138. The summed E-state index contributed by atoms with van der Waals surface area (Å²) in [4.78, 5) is 36.2. The smallest absolute Gasteiger partial charge is 0.417 e. The number of carbonyl (C=O) groups is 2. The molecule has 0 bridgehead atoms. The van der Waals surface area contributed by atoms with E-state index in [1.807, 2.05) is 0 Å². The fourth-order valence-electron chi connectivity index (χ4n) is 2.73. The molecular formula is C21H14F3N5O4S2. The van der Waals surface area contributed by atoms with Crippen LogP contribution in [0.15, 0.2) is 52.0 Å². The molecule has 0 saturated heterocycles. The third-order valence-corrected chi connectivity index (χ3v) is 5.92. The van der Waals surface area contributed by atoms with Gasteiger partial charge in [0.1, 0.15) is 23.9 Å². The first-order valence-corrected chi connectivity index (χ1v) is 11.3. The molecule has 0 atom stereocenters. The molecule has 0 spiro atoms. The molecule has 14 heteroatoms. The maximum absolute atomic E-state index is 13.6. The van der Waals surface area contributed by atoms with Crippen molar-refractivity contribution in [3.63, 3.8) is 0 Å². The summed E-state index contributed by atoms with van der Waals surface area (Å²) in [6.07, 6.45) is -4.81. The number of anilines is 1. The topological polar surface area (TPSA) is 138 Å². The highest BCUT2D eigenvalue weighted by atomic mass is 32.2. The molecule has 0 fully saturated rings. The molecule has 35 heavy (non-hydrogen) atoms. The summed E-state index contributed by atoms with van der Waals surface area (Å²) in [5, 5.41) is 25.4. The van der Waals surface area contributed by atoms with Crippen LogP contribution in [0.5, 0.6) is 0 Å². The molecule has 9 nitrogen and oxygen atoms in total. The molecule has 1 aromatic carbocycles. The van der Waals surface area contributed by atoms with Gasteiger partial charge in [-0.25, -0.2) is 14.8 Å². The second-order valence-electron chi connectivity index (χ2n) is 6.51. The summed E-state index contributed by atoms with van der Waals surface area (Å²) < 4.78 is 40.9. The van der Waals surface area contributed by atoms with Gasteiger partial charge >= 0.3 is 12.1 Å². The average molecular weight is 522 g/mol. The van der Waals surface area contributed by atoms with Crippen molar-refractivity contribution in [3.8, 4) is 17.3 Å². The van der Waals surface area contributed by atoms with Crippen molar-refractivity contribution in [2.75, 3.05) is 18.2 Å². The number of thiazole rings is 1. The lowest BCUT2D eigenvalue weighted by Crippen LogP contribution is -2.17. The molecule has 0 unspecified atom stereocenters. The van der Waals surface area contributed by atoms with Crippen molar-refractivity contribution in [2.24, 2.45) is 5.16 Å². The Morgan fingerprint density at radius 3 is 2.60 bits per heavy atom. The molecule has 0 aliphatic rings. The fraction of sp³-hybridized carbons (Fsp3) is 0.143. The van der Waals surface area contributed by atoms with E-state index in [9.17, 15) is 28.0 Å². The lowest BCUT2D eigenvalue weighted by Gasteiger charge is -2.14. The van der Waals surface area contributed by atoms with Gasteiger partial charge in [0.25, 0.3) is 0 Å². The van der Waals surface area contributed by atoms with E-state index >= 15 is 0 Å². The number of carboxylic acids is 1. The SMILES string of the molecule is CON=C(C(=O)O)c1csc(NC(=O)CSc2nc(-c3ccccc3)cc(C(F)(F)F)c2C#N)n1. The minimum Gasteiger partial charge on any atom is -0.476 e. The number of nitrogens with zero attached hydrogens (tertiary/aromatic N) is 4. The molecule has 0 aliphatic carbocycles. The molecule has 0 saturated carbocycles. The number of carboxylic acid groups (broad SMARTS) is 1. The van der Waals surface area contributed by atoms with E-state index in [0.717, 1.165) is 24.5 Å². The van der Waals surface area contributed by atoms with Gasteiger partial charge < -0.3 is 15.3 Å². The number of aromatic nitrogens is 2. The number of thioether (sulfide) groups is 1. The van der Waals surface area contributed by atoms with Crippen LogP contribution in [0, 0.1) is 11.3 Å². The van der Waals surface area contributed by atoms with Crippen molar-refractivity contribution < 1.29 is 32.7 Å².